The molecule has 130 valence electrons. The van der Waals surface area contributed by atoms with Gasteiger partial charge in [-0.2, -0.15) is 10.4 Å². The van der Waals surface area contributed by atoms with Crippen LogP contribution in [0, 0.1) is 11.3 Å². The van der Waals surface area contributed by atoms with Crippen molar-refractivity contribution in [3.05, 3.63) is 71.4 Å². The van der Waals surface area contributed by atoms with Gasteiger partial charge >= 0.3 is 0 Å². The molecule has 1 aromatic carbocycles. The quantitative estimate of drug-likeness (QED) is 0.763. The van der Waals surface area contributed by atoms with E-state index in [9.17, 15) is 0 Å². The standard InChI is InChI=1S/C19H19N7/c20-10-15-2-1-3-16(8-15)13-25-6-7-26-18(14-25)9-17(24-26)11-23-19-12-21-4-5-22-19/h1-5,8-9,12H,6-7,11,13-14H2,(H,22,23). The van der Waals surface area contributed by atoms with E-state index in [0.717, 1.165) is 37.7 Å². The zero-order valence-corrected chi connectivity index (χ0v) is 14.3. The first-order chi connectivity index (χ1) is 12.8. The molecule has 0 saturated heterocycles. The molecule has 0 radical (unpaired) electrons. The summed E-state index contributed by atoms with van der Waals surface area (Å²) in [5.41, 5.74) is 4.09. The number of aromatic nitrogens is 4. The van der Waals surface area contributed by atoms with Crippen LogP contribution in [0.2, 0.25) is 0 Å². The number of fused-ring (bicyclic) bond motifs is 1. The highest BCUT2D eigenvalue weighted by molar-refractivity contribution is 5.33. The molecule has 7 nitrogen and oxygen atoms in total. The molecule has 0 spiro atoms. The Bertz CT molecular complexity index is 927. The fourth-order valence-electron chi connectivity index (χ4n) is 3.17. The fraction of sp³-hybridized carbons (Fsp3) is 0.263. The summed E-state index contributed by atoms with van der Waals surface area (Å²) in [5.74, 6) is 0.748. The molecular formula is C19H19N7. The molecule has 0 unspecified atom stereocenters. The second-order valence-corrected chi connectivity index (χ2v) is 6.32. The highest BCUT2D eigenvalue weighted by Gasteiger charge is 2.18. The van der Waals surface area contributed by atoms with E-state index < -0.39 is 0 Å². The Morgan fingerprint density at radius 2 is 2.15 bits per heavy atom. The predicted molar refractivity (Wildman–Crippen MR) is 96.9 cm³/mol. The van der Waals surface area contributed by atoms with Gasteiger partial charge in [0, 0.05) is 32.0 Å². The van der Waals surface area contributed by atoms with Crippen molar-refractivity contribution in [2.45, 2.75) is 26.2 Å². The van der Waals surface area contributed by atoms with E-state index in [1.807, 2.05) is 18.2 Å². The topological polar surface area (TPSA) is 82.7 Å². The van der Waals surface area contributed by atoms with Gasteiger partial charge in [0.25, 0.3) is 0 Å². The average molecular weight is 345 g/mol. The molecule has 0 fully saturated rings. The molecule has 3 heterocycles. The van der Waals surface area contributed by atoms with Gasteiger partial charge in [0.1, 0.15) is 5.82 Å². The highest BCUT2D eigenvalue weighted by atomic mass is 15.3. The minimum Gasteiger partial charge on any atom is -0.363 e. The largest absolute Gasteiger partial charge is 0.363 e. The number of nitriles is 1. The lowest BCUT2D eigenvalue weighted by atomic mass is 10.1. The van der Waals surface area contributed by atoms with Gasteiger partial charge in [-0.25, -0.2) is 4.98 Å². The number of hydrogen-bond donors (Lipinski definition) is 1. The Kier molecular flexibility index (Phi) is 4.58. The number of benzene rings is 1. The van der Waals surface area contributed by atoms with Crippen molar-refractivity contribution in [3.8, 4) is 6.07 Å². The third-order valence-electron chi connectivity index (χ3n) is 4.40. The average Bonchev–Trinajstić information content (AvgIpc) is 3.09. The number of rotatable bonds is 5. The summed E-state index contributed by atoms with van der Waals surface area (Å²) in [6, 6.07) is 12.2. The van der Waals surface area contributed by atoms with Crippen LogP contribution in [0.3, 0.4) is 0 Å². The minimum absolute atomic E-state index is 0.628. The molecule has 0 saturated carbocycles. The Balaban J connectivity index is 1.39. The lowest BCUT2D eigenvalue weighted by Crippen LogP contribution is -2.33. The van der Waals surface area contributed by atoms with E-state index in [1.54, 1.807) is 18.6 Å². The normalized spacial score (nSPS) is 13.8. The summed E-state index contributed by atoms with van der Waals surface area (Å²) < 4.78 is 2.08. The molecule has 2 aromatic heterocycles. The highest BCUT2D eigenvalue weighted by Crippen LogP contribution is 2.17. The van der Waals surface area contributed by atoms with Crippen LogP contribution in [0.25, 0.3) is 0 Å². The van der Waals surface area contributed by atoms with E-state index in [0.29, 0.717) is 12.1 Å². The van der Waals surface area contributed by atoms with Crippen LogP contribution in [-0.2, 0) is 26.2 Å². The number of nitrogens with one attached hydrogen (secondary N) is 1. The van der Waals surface area contributed by atoms with Crippen molar-refractivity contribution in [3.63, 3.8) is 0 Å². The van der Waals surface area contributed by atoms with Crippen LogP contribution >= 0.6 is 0 Å². The first-order valence-electron chi connectivity index (χ1n) is 8.57. The molecular weight excluding hydrogens is 326 g/mol. The molecule has 0 bridgehead atoms. The lowest BCUT2D eigenvalue weighted by molar-refractivity contribution is 0.205. The predicted octanol–water partition coefficient (Wildman–Crippen LogP) is 2.17. The summed E-state index contributed by atoms with van der Waals surface area (Å²) in [5, 5.41) is 17.0. The summed E-state index contributed by atoms with van der Waals surface area (Å²) >= 11 is 0. The zero-order valence-electron chi connectivity index (χ0n) is 14.3. The third-order valence-corrected chi connectivity index (χ3v) is 4.40. The molecule has 0 aliphatic carbocycles. The SMILES string of the molecule is N#Cc1cccc(CN2CCn3nc(CNc4cnccn4)cc3C2)c1. The van der Waals surface area contributed by atoms with Crippen LogP contribution in [0.5, 0.6) is 0 Å². The van der Waals surface area contributed by atoms with Gasteiger partial charge in [-0.3, -0.25) is 14.6 Å². The Morgan fingerprint density at radius 3 is 3.00 bits per heavy atom. The van der Waals surface area contributed by atoms with E-state index >= 15 is 0 Å². The summed E-state index contributed by atoms with van der Waals surface area (Å²) in [6.45, 7) is 4.15. The van der Waals surface area contributed by atoms with Gasteiger partial charge in [0.05, 0.1) is 42.3 Å². The van der Waals surface area contributed by atoms with Crippen LogP contribution in [0.15, 0.2) is 48.9 Å². The smallest absolute Gasteiger partial charge is 0.144 e. The molecule has 1 aliphatic rings. The molecule has 0 atom stereocenters. The first-order valence-corrected chi connectivity index (χ1v) is 8.57. The van der Waals surface area contributed by atoms with Gasteiger partial charge in [-0.05, 0) is 23.8 Å². The summed E-state index contributed by atoms with van der Waals surface area (Å²) in [6.07, 6.45) is 5.02. The van der Waals surface area contributed by atoms with Gasteiger partial charge in [0.15, 0.2) is 0 Å². The molecule has 26 heavy (non-hydrogen) atoms. The van der Waals surface area contributed by atoms with E-state index in [-0.39, 0.29) is 0 Å². The Hall–Kier alpha value is -3.24. The minimum atomic E-state index is 0.628. The maximum Gasteiger partial charge on any atom is 0.144 e. The summed E-state index contributed by atoms with van der Waals surface area (Å²) in [4.78, 5) is 10.6. The zero-order chi connectivity index (χ0) is 17.8. The van der Waals surface area contributed by atoms with Crippen molar-refractivity contribution in [1.29, 1.82) is 5.26 Å². The second-order valence-electron chi connectivity index (χ2n) is 6.32. The monoisotopic (exact) mass is 345 g/mol. The van der Waals surface area contributed by atoms with Gasteiger partial charge in [0.2, 0.25) is 0 Å². The molecule has 1 aliphatic heterocycles. The number of nitrogens with zero attached hydrogens (tertiary/aromatic N) is 6. The molecule has 0 amide bonds. The Labute approximate surface area is 151 Å². The third kappa shape index (κ3) is 3.71. The Morgan fingerprint density at radius 1 is 1.19 bits per heavy atom. The van der Waals surface area contributed by atoms with Crippen LogP contribution in [0.4, 0.5) is 5.82 Å². The lowest BCUT2D eigenvalue weighted by Gasteiger charge is -2.27. The van der Waals surface area contributed by atoms with Crippen molar-refractivity contribution < 1.29 is 0 Å². The molecule has 7 heteroatoms. The van der Waals surface area contributed by atoms with Gasteiger partial charge in [-0.15, -0.1) is 0 Å². The van der Waals surface area contributed by atoms with Crippen molar-refractivity contribution in [2.75, 3.05) is 11.9 Å². The van der Waals surface area contributed by atoms with E-state index in [1.165, 1.54) is 11.3 Å². The van der Waals surface area contributed by atoms with Gasteiger partial charge < -0.3 is 5.32 Å². The first kappa shape index (κ1) is 16.2. The van der Waals surface area contributed by atoms with Crippen molar-refractivity contribution in [2.24, 2.45) is 0 Å². The second kappa shape index (κ2) is 7.33. The molecule has 3 aromatic rings. The van der Waals surface area contributed by atoms with Crippen molar-refractivity contribution in [1.82, 2.24) is 24.6 Å². The van der Waals surface area contributed by atoms with Crippen LogP contribution in [-0.4, -0.2) is 31.2 Å². The van der Waals surface area contributed by atoms with E-state index in [4.69, 9.17) is 5.26 Å². The molecule has 4 rings (SSSR count). The maximum absolute atomic E-state index is 9.04. The molecule has 1 N–H and O–H groups in total. The van der Waals surface area contributed by atoms with Crippen molar-refractivity contribution >= 4 is 5.82 Å². The maximum atomic E-state index is 9.04. The van der Waals surface area contributed by atoms with Gasteiger partial charge in [-0.1, -0.05) is 12.1 Å². The number of hydrogen-bond acceptors (Lipinski definition) is 6. The van der Waals surface area contributed by atoms with E-state index in [2.05, 4.69) is 48.2 Å². The fourth-order valence-corrected chi connectivity index (χ4v) is 3.17. The summed E-state index contributed by atoms with van der Waals surface area (Å²) in [7, 11) is 0. The number of anilines is 1. The van der Waals surface area contributed by atoms with Crippen LogP contribution < -0.4 is 5.32 Å². The van der Waals surface area contributed by atoms with Crippen LogP contribution in [0.1, 0.15) is 22.5 Å².